The van der Waals surface area contributed by atoms with E-state index in [0.717, 1.165) is 0 Å². The highest BCUT2D eigenvalue weighted by atomic mass is 35.5. The van der Waals surface area contributed by atoms with E-state index in [1.165, 1.54) is 25.3 Å². The second-order valence-corrected chi connectivity index (χ2v) is 5.68. The molecule has 0 radical (unpaired) electrons. The number of nitro groups is 1. The van der Waals surface area contributed by atoms with Gasteiger partial charge in [0.15, 0.2) is 0 Å². The second-order valence-electron chi connectivity index (χ2n) is 5.68. The number of esters is 1. The summed E-state index contributed by atoms with van der Waals surface area (Å²) >= 11 is 0. The predicted octanol–water partition coefficient (Wildman–Crippen LogP) is 1.49. The lowest BCUT2D eigenvalue weighted by molar-refractivity contribution is -0.385. The van der Waals surface area contributed by atoms with Crippen molar-refractivity contribution < 1.29 is 24.0 Å². The first kappa shape index (κ1) is 23.8. The molecular weight excluding hydrogens is 366 g/mol. The van der Waals surface area contributed by atoms with Crippen molar-refractivity contribution in [1.29, 1.82) is 0 Å². The van der Waals surface area contributed by atoms with E-state index in [1.807, 2.05) is 0 Å². The summed E-state index contributed by atoms with van der Waals surface area (Å²) in [6, 6.07) is 3.97. The Bertz CT molecular complexity index is 626. The molecule has 2 unspecified atom stereocenters. The molecule has 0 heterocycles. The summed E-state index contributed by atoms with van der Waals surface area (Å²) in [6.45, 7) is 3.35. The number of amides is 1. The summed E-state index contributed by atoms with van der Waals surface area (Å²) < 4.78 is 9.90. The third-order valence-corrected chi connectivity index (χ3v) is 3.25. The summed E-state index contributed by atoms with van der Waals surface area (Å²) in [4.78, 5) is 34.8. The van der Waals surface area contributed by atoms with Crippen molar-refractivity contribution in [1.82, 2.24) is 5.32 Å². The number of ether oxygens (including phenoxy) is 2. The largest absolute Gasteiger partial charge is 0.463 e. The van der Waals surface area contributed by atoms with Gasteiger partial charge in [0.25, 0.3) is 5.69 Å². The van der Waals surface area contributed by atoms with Crippen molar-refractivity contribution in [3.05, 3.63) is 39.9 Å². The van der Waals surface area contributed by atoms with Crippen LogP contribution in [0.1, 0.15) is 31.9 Å². The molecule has 1 rings (SSSR count). The molecule has 0 spiro atoms. The van der Waals surface area contributed by atoms with Gasteiger partial charge in [-0.15, -0.1) is 12.4 Å². The molecule has 146 valence electrons. The van der Waals surface area contributed by atoms with Crippen molar-refractivity contribution in [2.45, 2.75) is 38.5 Å². The Morgan fingerprint density at radius 1 is 1.31 bits per heavy atom. The zero-order valence-electron chi connectivity index (χ0n) is 14.8. The zero-order chi connectivity index (χ0) is 19.0. The van der Waals surface area contributed by atoms with Gasteiger partial charge in [0.1, 0.15) is 6.04 Å². The van der Waals surface area contributed by atoms with Gasteiger partial charge in [-0.05, 0) is 13.8 Å². The number of halogens is 1. The van der Waals surface area contributed by atoms with Crippen LogP contribution in [0.4, 0.5) is 5.69 Å². The minimum absolute atomic E-state index is 0. The lowest BCUT2D eigenvalue weighted by Crippen LogP contribution is -2.45. The Hall–Kier alpha value is -2.23. The first-order valence-electron chi connectivity index (χ1n) is 7.74. The van der Waals surface area contributed by atoms with E-state index in [2.05, 4.69) is 5.32 Å². The number of para-hydroxylation sites is 1. The molecule has 0 fully saturated rings. The summed E-state index contributed by atoms with van der Waals surface area (Å²) in [5, 5.41) is 13.8. The number of methoxy groups -OCH3 is 1. The number of nitrogens with zero attached hydrogens (tertiary/aromatic N) is 1. The molecule has 0 saturated heterocycles. The van der Waals surface area contributed by atoms with Crippen LogP contribution < -0.4 is 11.1 Å². The van der Waals surface area contributed by atoms with Gasteiger partial charge >= 0.3 is 5.97 Å². The average Bonchev–Trinajstić information content (AvgIpc) is 2.53. The highest BCUT2D eigenvalue weighted by Crippen LogP contribution is 2.27. The van der Waals surface area contributed by atoms with E-state index in [1.54, 1.807) is 19.9 Å². The number of hydrogen-bond donors (Lipinski definition) is 2. The average molecular weight is 390 g/mol. The predicted molar refractivity (Wildman–Crippen MR) is 96.9 cm³/mol. The normalized spacial score (nSPS) is 12.7. The first-order valence-corrected chi connectivity index (χ1v) is 7.74. The van der Waals surface area contributed by atoms with E-state index in [9.17, 15) is 19.7 Å². The van der Waals surface area contributed by atoms with Gasteiger partial charge in [0.05, 0.1) is 35.7 Å². The van der Waals surface area contributed by atoms with Crippen molar-refractivity contribution in [2.75, 3.05) is 13.7 Å². The van der Waals surface area contributed by atoms with Gasteiger partial charge in [-0.25, -0.2) is 0 Å². The Labute approximate surface area is 157 Å². The van der Waals surface area contributed by atoms with Crippen LogP contribution in [0, 0.1) is 10.1 Å². The summed E-state index contributed by atoms with van der Waals surface area (Å²) in [7, 11) is 1.40. The molecule has 0 bridgehead atoms. The summed E-state index contributed by atoms with van der Waals surface area (Å²) in [5.74, 6) is -1.17. The van der Waals surface area contributed by atoms with Gasteiger partial charge in [0.2, 0.25) is 5.91 Å². The van der Waals surface area contributed by atoms with Crippen molar-refractivity contribution >= 4 is 30.0 Å². The maximum atomic E-state index is 12.2. The maximum absolute atomic E-state index is 12.2. The van der Waals surface area contributed by atoms with Crippen LogP contribution in [0.15, 0.2) is 24.3 Å². The number of nitro benzene ring substituents is 1. The number of hydrogen-bond acceptors (Lipinski definition) is 7. The third-order valence-electron chi connectivity index (χ3n) is 3.25. The fraction of sp³-hybridized carbons (Fsp3) is 0.500. The van der Waals surface area contributed by atoms with Gasteiger partial charge in [-0.1, -0.05) is 18.2 Å². The minimum Gasteiger partial charge on any atom is -0.463 e. The van der Waals surface area contributed by atoms with Crippen LogP contribution in [0.3, 0.4) is 0 Å². The van der Waals surface area contributed by atoms with Gasteiger partial charge in [0, 0.05) is 13.2 Å². The van der Waals surface area contributed by atoms with Crippen LogP contribution in [-0.4, -0.2) is 42.7 Å². The highest BCUT2D eigenvalue weighted by Gasteiger charge is 2.28. The van der Waals surface area contributed by atoms with E-state index in [-0.39, 0.29) is 42.8 Å². The van der Waals surface area contributed by atoms with Gasteiger partial charge in [-0.3, -0.25) is 19.7 Å². The lowest BCUT2D eigenvalue weighted by Gasteiger charge is -2.21. The van der Waals surface area contributed by atoms with Crippen LogP contribution in [0.5, 0.6) is 0 Å². The molecule has 0 aliphatic heterocycles. The lowest BCUT2D eigenvalue weighted by atomic mass is 10.0. The Balaban J connectivity index is 0.00000625. The fourth-order valence-electron chi connectivity index (χ4n) is 2.20. The summed E-state index contributed by atoms with van der Waals surface area (Å²) in [6.07, 6.45) is -0.598. The van der Waals surface area contributed by atoms with Crippen LogP contribution in [-0.2, 0) is 19.1 Å². The topological polar surface area (TPSA) is 134 Å². The molecule has 0 aromatic heterocycles. The zero-order valence-corrected chi connectivity index (χ0v) is 15.7. The minimum atomic E-state index is -0.962. The molecule has 10 heteroatoms. The molecular formula is C16H24ClN3O6. The van der Waals surface area contributed by atoms with E-state index in [4.69, 9.17) is 15.2 Å². The van der Waals surface area contributed by atoms with Crippen LogP contribution >= 0.6 is 12.4 Å². The van der Waals surface area contributed by atoms with Crippen LogP contribution in [0.2, 0.25) is 0 Å². The fourth-order valence-corrected chi connectivity index (χ4v) is 2.20. The number of rotatable bonds is 9. The molecule has 1 amide bonds. The molecule has 1 aromatic rings. The monoisotopic (exact) mass is 389 g/mol. The van der Waals surface area contributed by atoms with Crippen molar-refractivity contribution in [2.24, 2.45) is 5.73 Å². The summed E-state index contributed by atoms with van der Waals surface area (Å²) in [5.41, 5.74) is 5.67. The van der Waals surface area contributed by atoms with Crippen molar-refractivity contribution in [3.8, 4) is 0 Å². The molecule has 2 atom stereocenters. The molecule has 1 aromatic carbocycles. The molecule has 0 aliphatic carbocycles. The third kappa shape index (κ3) is 7.34. The molecule has 9 nitrogen and oxygen atoms in total. The van der Waals surface area contributed by atoms with Gasteiger partial charge in [-0.2, -0.15) is 0 Å². The number of carbonyl (C=O) groups excluding carboxylic acids is 2. The SMILES string of the molecule is COCC(N)C(=O)NC(CC(=O)OC(C)C)c1ccccc1[N+](=O)[O-].Cl. The number of benzene rings is 1. The molecule has 26 heavy (non-hydrogen) atoms. The Morgan fingerprint density at radius 2 is 1.92 bits per heavy atom. The van der Waals surface area contributed by atoms with E-state index in [0.29, 0.717) is 0 Å². The second kappa shape index (κ2) is 11.4. The standard InChI is InChI=1S/C16H23N3O6.ClH/c1-10(2)25-15(20)8-13(18-16(21)12(17)9-24-3)11-6-4-5-7-14(11)19(22)23;/h4-7,10,12-13H,8-9,17H2,1-3H3,(H,18,21);1H. The number of nitrogens with two attached hydrogens (primary N) is 1. The molecule has 0 aliphatic rings. The van der Waals surface area contributed by atoms with E-state index < -0.39 is 28.9 Å². The van der Waals surface area contributed by atoms with E-state index >= 15 is 0 Å². The molecule has 0 saturated carbocycles. The van der Waals surface area contributed by atoms with Gasteiger partial charge < -0.3 is 20.5 Å². The highest BCUT2D eigenvalue weighted by molar-refractivity contribution is 5.85. The quantitative estimate of drug-likeness (QED) is 0.371. The molecule has 3 N–H and O–H groups in total. The first-order chi connectivity index (χ1) is 11.8. The van der Waals surface area contributed by atoms with Crippen LogP contribution in [0.25, 0.3) is 0 Å². The Kier molecular flexibility index (Phi) is 10.4. The number of nitrogens with one attached hydrogen (secondary N) is 1. The smallest absolute Gasteiger partial charge is 0.308 e. The van der Waals surface area contributed by atoms with Crippen molar-refractivity contribution in [3.63, 3.8) is 0 Å². The number of carbonyl (C=O) groups is 2. The Morgan fingerprint density at radius 3 is 2.46 bits per heavy atom. The maximum Gasteiger partial charge on any atom is 0.308 e.